The number of alkyl halides is 1. The molecule has 2 aliphatic heterocycles. The molecule has 4 atom stereocenters. The highest BCUT2D eigenvalue weighted by atomic mass is 35.5. The highest BCUT2D eigenvalue weighted by molar-refractivity contribution is 6.27. The van der Waals surface area contributed by atoms with Gasteiger partial charge in [-0.1, -0.05) is 12.8 Å². The summed E-state index contributed by atoms with van der Waals surface area (Å²) >= 11 is 5.81. The first-order valence-corrected chi connectivity index (χ1v) is 8.16. The Hall–Kier alpha value is -0.810. The van der Waals surface area contributed by atoms with Gasteiger partial charge in [0.1, 0.15) is 12.0 Å². The lowest BCUT2D eigenvalue weighted by molar-refractivity contribution is -0.138. The highest BCUT2D eigenvalue weighted by Gasteiger charge is 2.46. The molecule has 0 aromatic rings. The number of hydrogen-bond acceptors (Lipinski definition) is 3. The van der Waals surface area contributed by atoms with Crippen molar-refractivity contribution < 1.29 is 9.59 Å². The second-order valence-corrected chi connectivity index (χ2v) is 6.32. The number of nitrogens with zero attached hydrogens (tertiary/aromatic N) is 1. The van der Waals surface area contributed by atoms with Crippen LogP contribution < -0.4 is 10.6 Å². The van der Waals surface area contributed by atoms with Crippen LogP contribution in [0.15, 0.2) is 0 Å². The molecule has 1 aliphatic carbocycles. The molecule has 4 unspecified atom stereocenters. The molecule has 2 heterocycles. The number of nitrogens with one attached hydrogen (secondary N) is 2. The van der Waals surface area contributed by atoms with Crippen LogP contribution in [-0.2, 0) is 9.59 Å². The van der Waals surface area contributed by atoms with Crippen molar-refractivity contribution in [1.82, 2.24) is 15.5 Å². The molecule has 2 N–H and O–H groups in total. The van der Waals surface area contributed by atoms with E-state index >= 15 is 0 Å². The highest BCUT2D eigenvalue weighted by Crippen LogP contribution is 2.33. The summed E-state index contributed by atoms with van der Waals surface area (Å²) in [7, 11) is 0. The fraction of sp³-hybridized carbons (Fsp3) is 0.857. The third-order valence-electron chi connectivity index (χ3n) is 4.88. The van der Waals surface area contributed by atoms with Crippen LogP contribution in [0.3, 0.4) is 0 Å². The summed E-state index contributed by atoms with van der Waals surface area (Å²) in [6.45, 7) is 0.889. The van der Waals surface area contributed by atoms with Crippen LogP contribution in [-0.4, -0.2) is 47.4 Å². The van der Waals surface area contributed by atoms with Crippen molar-refractivity contribution in [3.8, 4) is 0 Å². The molecule has 2 amide bonds. The number of halogens is 1. The summed E-state index contributed by atoms with van der Waals surface area (Å²) in [5, 5.41) is 6.56. The molecule has 3 rings (SSSR count). The number of carbonyl (C=O) groups excluding carboxylic acids is 2. The Kier molecular flexibility index (Phi) is 4.17. The summed E-state index contributed by atoms with van der Waals surface area (Å²) < 4.78 is 0. The van der Waals surface area contributed by atoms with Gasteiger partial charge in [-0.15, -0.1) is 11.6 Å². The van der Waals surface area contributed by atoms with E-state index in [1.807, 2.05) is 4.90 Å². The number of piperidine rings is 1. The van der Waals surface area contributed by atoms with Crippen molar-refractivity contribution in [3.63, 3.8) is 0 Å². The maximum absolute atomic E-state index is 12.5. The van der Waals surface area contributed by atoms with Crippen molar-refractivity contribution in [1.29, 1.82) is 0 Å². The molecule has 0 bridgehead atoms. The predicted octanol–water partition coefficient (Wildman–Crippen LogP) is 0.821. The second kappa shape index (κ2) is 5.90. The molecule has 2 saturated heterocycles. The van der Waals surface area contributed by atoms with Gasteiger partial charge in [0, 0.05) is 6.04 Å². The molecular weight excluding hydrogens is 278 g/mol. The Morgan fingerprint density at radius 2 is 2.05 bits per heavy atom. The van der Waals surface area contributed by atoms with E-state index in [9.17, 15) is 9.59 Å². The first-order valence-electron chi connectivity index (χ1n) is 7.63. The van der Waals surface area contributed by atoms with E-state index in [-0.39, 0.29) is 41.9 Å². The SMILES string of the molecule is O=C1NC2CCCNC2N(C(=O)CCl)C2CCCCC12. The van der Waals surface area contributed by atoms with Crippen LogP contribution in [0.25, 0.3) is 0 Å². The average Bonchev–Trinajstić information content (AvgIpc) is 2.61. The molecule has 5 nitrogen and oxygen atoms in total. The van der Waals surface area contributed by atoms with Crippen LogP contribution in [0.5, 0.6) is 0 Å². The summed E-state index contributed by atoms with van der Waals surface area (Å²) in [4.78, 5) is 26.7. The maximum atomic E-state index is 12.5. The molecule has 0 radical (unpaired) electrons. The molecule has 3 aliphatic rings. The predicted molar refractivity (Wildman–Crippen MR) is 76.3 cm³/mol. The first kappa shape index (κ1) is 14.1. The van der Waals surface area contributed by atoms with Gasteiger partial charge in [0.05, 0.1) is 12.0 Å². The van der Waals surface area contributed by atoms with Crippen LogP contribution >= 0.6 is 11.6 Å². The number of rotatable bonds is 1. The van der Waals surface area contributed by atoms with Crippen LogP contribution in [0.1, 0.15) is 38.5 Å². The topological polar surface area (TPSA) is 61.4 Å². The Balaban J connectivity index is 1.94. The van der Waals surface area contributed by atoms with Gasteiger partial charge in [0.15, 0.2) is 0 Å². The van der Waals surface area contributed by atoms with Crippen molar-refractivity contribution in [3.05, 3.63) is 0 Å². The number of hydrogen-bond donors (Lipinski definition) is 2. The van der Waals surface area contributed by atoms with Gasteiger partial charge in [-0.2, -0.15) is 0 Å². The number of carbonyl (C=O) groups is 2. The van der Waals surface area contributed by atoms with Crippen LogP contribution in [0, 0.1) is 5.92 Å². The molecule has 1 saturated carbocycles. The van der Waals surface area contributed by atoms with Gasteiger partial charge in [-0.05, 0) is 32.2 Å². The lowest BCUT2D eigenvalue weighted by Crippen LogP contribution is -2.62. The van der Waals surface area contributed by atoms with Crippen molar-refractivity contribution >= 4 is 23.4 Å². The Labute approximate surface area is 124 Å². The minimum Gasteiger partial charge on any atom is -0.350 e. The fourth-order valence-electron chi connectivity index (χ4n) is 3.97. The second-order valence-electron chi connectivity index (χ2n) is 6.05. The average molecular weight is 300 g/mol. The molecule has 0 spiro atoms. The summed E-state index contributed by atoms with van der Waals surface area (Å²) in [6.07, 6.45) is 5.80. The maximum Gasteiger partial charge on any atom is 0.239 e. The first-order chi connectivity index (χ1) is 9.72. The van der Waals surface area contributed by atoms with E-state index in [4.69, 9.17) is 11.6 Å². The summed E-state index contributed by atoms with van der Waals surface area (Å²) in [5.41, 5.74) is 0. The summed E-state index contributed by atoms with van der Waals surface area (Å²) in [6, 6.07) is 0.0321. The van der Waals surface area contributed by atoms with Gasteiger partial charge in [-0.25, -0.2) is 0 Å². The number of fused-ring (bicyclic) bond motifs is 2. The Morgan fingerprint density at radius 3 is 2.85 bits per heavy atom. The summed E-state index contributed by atoms with van der Waals surface area (Å²) in [5.74, 6) is -0.00599. The van der Waals surface area contributed by atoms with Gasteiger partial charge in [0.2, 0.25) is 11.8 Å². The van der Waals surface area contributed by atoms with E-state index in [1.165, 1.54) is 0 Å². The largest absolute Gasteiger partial charge is 0.350 e. The lowest BCUT2D eigenvalue weighted by Gasteiger charge is -2.43. The Bertz CT molecular complexity index is 404. The van der Waals surface area contributed by atoms with E-state index in [1.54, 1.807) is 0 Å². The molecule has 6 heteroatoms. The van der Waals surface area contributed by atoms with E-state index in [0.717, 1.165) is 45.1 Å². The molecule has 0 aromatic carbocycles. The van der Waals surface area contributed by atoms with Crippen LogP contribution in [0.4, 0.5) is 0 Å². The zero-order valence-electron chi connectivity index (χ0n) is 11.6. The third-order valence-corrected chi connectivity index (χ3v) is 5.11. The smallest absolute Gasteiger partial charge is 0.239 e. The van der Waals surface area contributed by atoms with Crippen molar-refractivity contribution in [2.75, 3.05) is 12.4 Å². The number of amides is 2. The minimum absolute atomic E-state index is 0.00981. The van der Waals surface area contributed by atoms with E-state index in [0.29, 0.717) is 0 Å². The molecule has 112 valence electrons. The van der Waals surface area contributed by atoms with Gasteiger partial charge in [-0.3, -0.25) is 14.9 Å². The van der Waals surface area contributed by atoms with Gasteiger partial charge < -0.3 is 10.2 Å². The minimum atomic E-state index is -0.0907. The van der Waals surface area contributed by atoms with Crippen LogP contribution in [0.2, 0.25) is 0 Å². The van der Waals surface area contributed by atoms with Crippen molar-refractivity contribution in [2.24, 2.45) is 5.92 Å². The standard InChI is InChI=1S/C14H22ClN3O2/c15-8-12(19)18-11-6-2-1-4-9(11)14(20)17-10-5-3-7-16-13(10)18/h9-11,13,16H,1-8H2,(H,17,20). The van der Waals surface area contributed by atoms with Gasteiger partial charge in [0.25, 0.3) is 0 Å². The normalized spacial score (nSPS) is 37.5. The zero-order valence-corrected chi connectivity index (χ0v) is 12.4. The third kappa shape index (κ3) is 2.42. The molecule has 0 aromatic heterocycles. The van der Waals surface area contributed by atoms with E-state index < -0.39 is 0 Å². The molecule has 20 heavy (non-hydrogen) atoms. The fourth-order valence-corrected chi connectivity index (χ4v) is 4.11. The lowest BCUT2D eigenvalue weighted by atomic mass is 9.83. The molecule has 3 fully saturated rings. The monoisotopic (exact) mass is 299 g/mol. The quantitative estimate of drug-likeness (QED) is 0.705. The van der Waals surface area contributed by atoms with Crippen molar-refractivity contribution in [2.45, 2.75) is 56.8 Å². The van der Waals surface area contributed by atoms with E-state index in [2.05, 4.69) is 10.6 Å². The zero-order chi connectivity index (χ0) is 14.1. The Morgan fingerprint density at radius 1 is 1.25 bits per heavy atom. The molecular formula is C14H22ClN3O2. The van der Waals surface area contributed by atoms with Gasteiger partial charge >= 0.3 is 0 Å².